The van der Waals surface area contributed by atoms with Gasteiger partial charge >= 0.3 is 5.97 Å². The van der Waals surface area contributed by atoms with Crippen LogP contribution in [0, 0.1) is 0 Å². The summed E-state index contributed by atoms with van der Waals surface area (Å²) in [7, 11) is -2.29. The topological polar surface area (TPSA) is 80.8 Å². The molecule has 0 saturated carbocycles. The van der Waals surface area contributed by atoms with Crippen LogP contribution in [-0.4, -0.2) is 44.7 Å². The maximum absolute atomic E-state index is 13.0. The first-order chi connectivity index (χ1) is 15.3. The first kappa shape index (κ1) is 25.5. The number of carbonyl (C=O) groups is 2. The predicted molar refractivity (Wildman–Crippen MR) is 126 cm³/mol. The molecule has 0 fully saturated rings. The van der Waals surface area contributed by atoms with Crippen LogP contribution in [0.4, 0.5) is 0 Å². The van der Waals surface area contributed by atoms with Crippen molar-refractivity contribution in [3.63, 3.8) is 0 Å². The van der Waals surface area contributed by atoms with Crippen molar-refractivity contribution in [2.75, 3.05) is 20.2 Å². The highest BCUT2D eigenvalue weighted by atomic mass is 32.2. The molecule has 2 aromatic rings. The van der Waals surface area contributed by atoms with Crippen molar-refractivity contribution in [2.24, 2.45) is 0 Å². The molecule has 0 heterocycles. The standard InChI is InChI=1S/C25H31NO5S/c1-4-6-17-26(18-7-5-2)32(29,30)23-14-12-21(13-15-23)24(27)16-11-20-9-8-10-22(19-20)25(28)31-3/h8-16,19H,4-7,17-18H2,1-3H3/b16-11+. The SMILES string of the molecule is CCCCN(CCCC)S(=O)(=O)c1ccc(C(=O)/C=C/c2cccc(C(=O)OC)c2)cc1. The van der Waals surface area contributed by atoms with E-state index in [2.05, 4.69) is 0 Å². The summed E-state index contributed by atoms with van der Waals surface area (Å²) in [5, 5.41) is 0. The zero-order valence-corrected chi connectivity index (χ0v) is 19.7. The lowest BCUT2D eigenvalue weighted by Crippen LogP contribution is -2.33. The summed E-state index contributed by atoms with van der Waals surface area (Å²) in [4.78, 5) is 24.4. The third-order valence-electron chi connectivity index (χ3n) is 5.03. The Labute approximate surface area is 191 Å². The van der Waals surface area contributed by atoms with Crippen LogP contribution in [0.3, 0.4) is 0 Å². The van der Waals surface area contributed by atoms with E-state index in [0.717, 1.165) is 25.7 Å². The molecule has 0 saturated heterocycles. The number of methoxy groups -OCH3 is 1. The number of ketones is 1. The monoisotopic (exact) mass is 457 g/mol. The van der Waals surface area contributed by atoms with E-state index in [1.165, 1.54) is 41.8 Å². The van der Waals surface area contributed by atoms with Gasteiger partial charge in [0.1, 0.15) is 0 Å². The average Bonchev–Trinajstić information content (AvgIpc) is 2.82. The van der Waals surface area contributed by atoms with Gasteiger partial charge in [-0.25, -0.2) is 13.2 Å². The Hall–Kier alpha value is -2.77. The van der Waals surface area contributed by atoms with Gasteiger partial charge in [-0.15, -0.1) is 0 Å². The minimum absolute atomic E-state index is 0.191. The van der Waals surface area contributed by atoms with Crippen molar-refractivity contribution in [1.82, 2.24) is 4.31 Å². The van der Waals surface area contributed by atoms with Gasteiger partial charge in [0, 0.05) is 18.7 Å². The van der Waals surface area contributed by atoms with Gasteiger partial charge in [-0.1, -0.05) is 44.9 Å². The molecule has 32 heavy (non-hydrogen) atoms. The lowest BCUT2D eigenvalue weighted by atomic mass is 10.1. The fourth-order valence-corrected chi connectivity index (χ4v) is 4.63. The molecular formula is C25H31NO5S. The predicted octanol–water partition coefficient (Wildman–Crippen LogP) is 4.96. The summed E-state index contributed by atoms with van der Waals surface area (Å²) in [5.74, 6) is -0.707. The maximum Gasteiger partial charge on any atom is 0.337 e. The molecule has 0 atom stereocenters. The molecule has 0 radical (unpaired) electrons. The Balaban J connectivity index is 2.16. The summed E-state index contributed by atoms with van der Waals surface area (Å²) >= 11 is 0. The molecule has 0 aliphatic rings. The minimum atomic E-state index is -3.60. The van der Waals surface area contributed by atoms with Crippen molar-refractivity contribution >= 4 is 27.9 Å². The summed E-state index contributed by atoms with van der Waals surface area (Å²) in [5.41, 5.74) is 1.47. The van der Waals surface area contributed by atoms with Crippen LogP contribution in [0.1, 0.15) is 65.8 Å². The average molecular weight is 458 g/mol. The van der Waals surface area contributed by atoms with Crippen LogP contribution in [0.5, 0.6) is 0 Å². The molecule has 0 aliphatic carbocycles. The Kier molecular flexibility index (Phi) is 9.81. The Morgan fingerprint density at radius 3 is 2.12 bits per heavy atom. The zero-order valence-electron chi connectivity index (χ0n) is 18.9. The number of rotatable bonds is 12. The van der Waals surface area contributed by atoms with Gasteiger partial charge in [-0.3, -0.25) is 4.79 Å². The maximum atomic E-state index is 13.0. The summed E-state index contributed by atoms with van der Waals surface area (Å²) in [6.45, 7) is 5.05. The van der Waals surface area contributed by atoms with Crippen LogP contribution in [0.15, 0.2) is 59.5 Å². The first-order valence-electron chi connectivity index (χ1n) is 10.8. The van der Waals surface area contributed by atoms with E-state index in [9.17, 15) is 18.0 Å². The third-order valence-corrected chi connectivity index (χ3v) is 6.95. The second-order valence-electron chi connectivity index (χ2n) is 7.45. The molecule has 0 bridgehead atoms. The van der Waals surface area contributed by atoms with Crippen LogP contribution < -0.4 is 0 Å². The highest BCUT2D eigenvalue weighted by molar-refractivity contribution is 7.89. The zero-order chi connectivity index (χ0) is 23.6. The van der Waals surface area contributed by atoms with Crippen molar-refractivity contribution in [1.29, 1.82) is 0 Å². The van der Waals surface area contributed by atoms with Crippen molar-refractivity contribution in [3.8, 4) is 0 Å². The van der Waals surface area contributed by atoms with E-state index >= 15 is 0 Å². The molecule has 2 aromatic carbocycles. The number of benzene rings is 2. The molecule has 0 amide bonds. The van der Waals surface area contributed by atoms with E-state index in [-0.39, 0.29) is 10.7 Å². The normalized spacial score (nSPS) is 11.8. The Morgan fingerprint density at radius 2 is 1.56 bits per heavy atom. The van der Waals surface area contributed by atoms with Crippen LogP contribution >= 0.6 is 0 Å². The van der Waals surface area contributed by atoms with E-state index < -0.39 is 16.0 Å². The smallest absolute Gasteiger partial charge is 0.337 e. The van der Waals surface area contributed by atoms with Crippen molar-refractivity contribution in [3.05, 3.63) is 71.3 Å². The lowest BCUT2D eigenvalue weighted by molar-refractivity contribution is 0.0600. The minimum Gasteiger partial charge on any atom is -0.465 e. The number of ether oxygens (including phenoxy) is 1. The Morgan fingerprint density at radius 1 is 0.938 bits per heavy atom. The second kappa shape index (κ2) is 12.3. The number of allylic oxidation sites excluding steroid dienone is 1. The van der Waals surface area contributed by atoms with Crippen LogP contribution in [0.2, 0.25) is 0 Å². The third kappa shape index (κ3) is 6.87. The fourth-order valence-electron chi connectivity index (χ4n) is 3.12. The largest absolute Gasteiger partial charge is 0.465 e. The number of nitrogens with zero attached hydrogens (tertiary/aromatic N) is 1. The van der Waals surface area contributed by atoms with Crippen molar-refractivity contribution < 1.29 is 22.7 Å². The summed E-state index contributed by atoms with van der Waals surface area (Å²) in [6, 6.07) is 12.8. The fraction of sp³-hybridized carbons (Fsp3) is 0.360. The molecule has 172 valence electrons. The number of hydrogen-bond donors (Lipinski definition) is 0. The van der Waals surface area contributed by atoms with Gasteiger partial charge in [0.15, 0.2) is 5.78 Å². The molecule has 0 N–H and O–H groups in total. The van der Waals surface area contributed by atoms with E-state index in [4.69, 9.17) is 4.74 Å². The summed E-state index contributed by atoms with van der Waals surface area (Å²) < 4.78 is 32.3. The molecule has 0 aliphatic heterocycles. The number of esters is 1. The van der Waals surface area contributed by atoms with Gasteiger partial charge in [0.25, 0.3) is 0 Å². The van der Waals surface area contributed by atoms with Crippen molar-refractivity contribution in [2.45, 2.75) is 44.4 Å². The molecule has 7 heteroatoms. The van der Waals surface area contributed by atoms with Crippen LogP contribution in [0.25, 0.3) is 6.08 Å². The number of carbonyl (C=O) groups excluding carboxylic acids is 2. The lowest BCUT2D eigenvalue weighted by Gasteiger charge is -2.22. The highest BCUT2D eigenvalue weighted by Crippen LogP contribution is 2.19. The molecule has 0 spiro atoms. The summed E-state index contributed by atoms with van der Waals surface area (Å²) in [6.07, 6.45) is 6.45. The molecular weight excluding hydrogens is 426 g/mol. The van der Waals surface area contributed by atoms with E-state index in [0.29, 0.717) is 29.8 Å². The number of hydrogen-bond acceptors (Lipinski definition) is 5. The number of sulfonamides is 1. The first-order valence-corrected chi connectivity index (χ1v) is 12.3. The van der Waals surface area contributed by atoms with Gasteiger partial charge in [0.2, 0.25) is 10.0 Å². The number of unbranched alkanes of at least 4 members (excludes halogenated alkanes) is 2. The van der Waals surface area contributed by atoms with E-state index in [1.54, 1.807) is 30.3 Å². The van der Waals surface area contributed by atoms with Crippen LogP contribution in [-0.2, 0) is 14.8 Å². The van der Waals surface area contributed by atoms with E-state index in [1.807, 2.05) is 13.8 Å². The van der Waals surface area contributed by atoms with Gasteiger partial charge in [0.05, 0.1) is 17.6 Å². The highest BCUT2D eigenvalue weighted by Gasteiger charge is 2.23. The Bertz CT molecular complexity index is 1030. The van der Waals surface area contributed by atoms with Gasteiger partial charge in [-0.2, -0.15) is 4.31 Å². The molecule has 0 aromatic heterocycles. The quantitative estimate of drug-likeness (QED) is 0.256. The molecule has 0 unspecified atom stereocenters. The van der Waals surface area contributed by atoms with Gasteiger partial charge < -0.3 is 4.74 Å². The molecule has 2 rings (SSSR count). The molecule has 6 nitrogen and oxygen atoms in total. The van der Waals surface area contributed by atoms with Gasteiger partial charge in [-0.05, 0) is 60.9 Å². The second-order valence-corrected chi connectivity index (χ2v) is 9.39.